The SMILES string of the molecule is CCN(C(C)CN(C)C)S(=O)(=O)c1ccc(CCl)o1. The molecule has 1 unspecified atom stereocenters. The van der Waals surface area contributed by atoms with Crippen LogP contribution in [-0.2, 0) is 15.9 Å². The second-order valence-corrected chi connectivity index (χ2v) is 6.76. The molecule has 5 nitrogen and oxygen atoms in total. The summed E-state index contributed by atoms with van der Waals surface area (Å²) in [6.07, 6.45) is 0. The van der Waals surface area contributed by atoms with Gasteiger partial charge in [0.1, 0.15) is 5.76 Å². The molecule has 0 radical (unpaired) electrons. The monoisotopic (exact) mass is 308 g/mol. The van der Waals surface area contributed by atoms with Crippen LogP contribution in [0, 0.1) is 0 Å². The first-order valence-corrected chi connectivity index (χ1v) is 8.11. The van der Waals surface area contributed by atoms with Crippen LogP contribution in [0.1, 0.15) is 19.6 Å². The Bertz CT molecular complexity index is 499. The molecule has 1 heterocycles. The summed E-state index contributed by atoms with van der Waals surface area (Å²) < 4.78 is 31.7. The number of hydrogen-bond donors (Lipinski definition) is 0. The van der Waals surface area contributed by atoms with E-state index in [1.807, 2.05) is 32.8 Å². The minimum absolute atomic E-state index is 0.0457. The number of sulfonamides is 1. The van der Waals surface area contributed by atoms with E-state index in [2.05, 4.69) is 0 Å². The van der Waals surface area contributed by atoms with Crippen molar-refractivity contribution in [3.63, 3.8) is 0 Å². The van der Waals surface area contributed by atoms with Gasteiger partial charge in [-0.05, 0) is 33.2 Å². The Labute approximate surface area is 120 Å². The van der Waals surface area contributed by atoms with Crippen LogP contribution >= 0.6 is 11.6 Å². The number of hydrogen-bond acceptors (Lipinski definition) is 4. The van der Waals surface area contributed by atoms with E-state index < -0.39 is 10.0 Å². The smallest absolute Gasteiger partial charge is 0.276 e. The fourth-order valence-corrected chi connectivity index (χ4v) is 3.73. The highest BCUT2D eigenvalue weighted by molar-refractivity contribution is 7.89. The van der Waals surface area contributed by atoms with Crippen molar-refractivity contribution in [3.8, 4) is 0 Å². The van der Waals surface area contributed by atoms with Crippen molar-refractivity contribution in [1.29, 1.82) is 0 Å². The zero-order valence-corrected chi connectivity index (χ0v) is 13.3. The van der Waals surface area contributed by atoms with Gasteiger partial charge in [0.2, 0.25) is 5.09 Å². The van der Waals surface area contributed by atoms with E-state index in [0.717, 1.165) is 0 Å². The maximum absolute atomic E-state index is 12.5. The van der Waals surface area contributed by atoms with E-state index in [9.17, 15) is 8.42 Å². The fourth-order valence-electron chi connectivity index (χ4n) is 2.02. The second-order valence-electron chi connectivity index (χ2n) is 4.67. The zero-order valence-electron chi connectivity index (χ0n) is 11.8. The van der Waals surface area contributed by atoms with Crippen LogP contribution in [0.3, 0.4) is 0 Å². The van der Waals surface area contributed by atoms with Gasteiger partial charge in [0.15, 0.2) is 0 Å². The highest BCUT2D eigenvalue weighted by atomic mass is 35.5. The van der Waals surface area contributed by atoms with Crippen molar-refractivity contribution < 1.29 is 12.8 Å². The third kappa shape index (κ3) is 3.95. The third-order valence-electron chi connectivity index (χ3n) is 2.76. The van der Waals surface area contributed by atoms with Crippen molar-refractivity contribution >= 4 is 21.6 Å². The summed E-state index contributed by atoms with van der Waals surface area (Å²) >= 11 is 5.63. The van der Waals surface area contributed by atoms with Gasteiger partial charge in [-0.1, -0.05) is 6.92 Å². The lowest BCUT2D eigenvalue weighted by atomic mass is 10.3. The molecule has 1 aromatic rings. The summed E-state index contributed by atoms with van der Waals surface area (Å²) in [5, 5.41) is -0.0457. The van der Waals surface area contributed by atoms with Crippen molar-refractivity contribution in [2.75, 3.05) is 27.2 Å². The molecule has 1 atom stereocenters. The minimum Gasteiger partial charge on any atom is -0.447 e. The third-order valence-corrected chi connectivity index (χ3v) is 4.99. The molecule has 0 saturated heterocycles. The quantitative estimate of drug-likeness (QED) is 0.723. The number of halogens is 1. The van der Waals surface area contributed by atoms with E-state index in [1.54, 1.807) is 6.07 Å². The lowest BCUT2D eigenvalue weighted by molar-refractivity contribution is 0.265. The Balaban J connectivity index is 3.01. The predicted octanol–water partition coefficient (Wildman–Crippen LogP) is 1.98. The van der Waals surface area contributed by atoms with Crippen LogP contribution in [0.15, 0.2) is 21.6 Å². The lowest BCUT2D eigenvalue weighted by Gasteiger charge is -2.28. The highest BCUT2D eigenvalue weighted by Crippen LogP contribution is 2.21. The summed E-state index contributed by atoms with van der Waals surface area (Å²) in [6, 6.07) is 2.91. The van der Waals surface area contributed by atoms with Gasteiger partial charge in [-0.3, -0.25) is 0 Å². The Hall–Kier alpha value is -0.560. The molecule has 0 aromatic carbocycles. The molecule has 0 saturated carbocycles. The first-order valence-electron chi connectivity index (χ1n) is 6.14. The average Bonchev–Trinajstić information content (AvgIpc) is 2.77. The van der Waals surface area contributed by atoms with Crippen molar-refractivity contribution in [2.45, 2.75) is 30.9 Å². The van der Waals surface area contributed by atoms with Gasteiger partial charge in [0, 0.05) is 19.1 Å². The molecular weight excluding hydrogens is 288 g/mol. The van der Waals surface area contributed by atoms with Crippen LogP contribution in [0.25, 0.3) is 0 Å². The first-order chi connectivity index (χ1) is 8.82. The second kappa shape index (κ2) is 6.74. The number of likely N-dealkylation sites (N-methyl/N-ethyl adjacent to an activating group) is 2. The van der Waals surface area contributed by atoms with Crippen molar-refractivity contribution in [3.05, 3.63) is 17.9 Å². The molecule has 1 aromatic heterocycles. The summed E-state index contributed by atoms with van der Waals surface area (Å²) in [5.41, 5.74) is 0. The first kappa shape index (κ1) is 16.5. The Morgan fingerprint density at radius 1 is 1.37 bits per heavy atom. The highest BCUT2D eigenvalue weighted by Gasteiger charge is 2.30. The van der Waals surface area contributed by atoms with E-state index in [-0.39, 0.29) is 17.0 Å². The van der Waals surface area contributed by atoms with Crippen LogP contribution < -0.4 is 0 Å². The molecule has 0 fully saturated rings. The Kier molecular flexibility index (Phi) is 5.85. The van der Waals surface area contributed by atoms with Gasteiger partial charge >= 0.3 is 0 Å². The van der Waals surface area contributed by atoms with Crippen LogP contribution in [0.2, 0.25) is 0 Å². The number of rotatable bonds is 7. The Morgan fingerprint density at radius 3 is 2.42 bits per heavy atom. The standard InChI is InChI=1S/C12H21ClN2O3S/c1-5-15(10(2)9-14(3)4)19(16,17)12-7-6-11(8-13)18-12/h6-7,10H,5,8-9H2,1-4H3. The molecule has 7 heteroatoms. The molecule has 0 bridgehead atoms. The molecule has 0 aliphatic heterocycles. The van der Waals surface area contributed by atoms with Gasteiger partial charge in [-0.2, -0.15) is 4.31 Å². The summed E-state index contributed by atoms with van der Waals surface area (Å²) in [7, 11) is 0.220. The van der Waals surface area contributed by atoms with Gasteiger partial charge < -0.3 is 9.32 Å². The maximum Gasteiger partial charge on any atom is 0.276 e. The van der Waals surface area contributed by atoms with Gasteiger partial charge in [0.25, 0.3) is 10.0 Å². The topological polar surface area (TPSA) is 53.8 Å². The number of alkyl halides is 1. The zero-order chi connectivity index (χ0) is 14.6. The van der Waals surface area contributed by atoms with Crippen molar-refractivity contribution in [2.24, 2.45) is 0 Å². The minimum atomic E-state index is -3.60. The molecule has 0 amide bonds. The predicted molar refractivity (Wildman–Crippen MR) is 75.8 cm³/mol. The van der Waals surface area contributed by atoms with Crippen LogP contribution in [0.5, 0.6) is 0 Å². The molecule has 19 heavy (non-hydrogen) atoms. The lowest BCUT2D eigenvalue weighted by Crippen LogP contribution is -2.43. The van der Waals surface area contributed by atoms with E-state index >= 15 is 0 Å². The largest absolute Gasteiger partial charge is 0.447 e. The van der Waals surface area contributed by atoms with Crippen LogP contribution in [-0.4, -0.2) is 50.8 Å². The normalized spacial score (nSPS) is 14.3. The summed E-state index contributed by atoms with van der Waals surface area (Å²) in [5.74, 6) is 0.617. The molecule has 0 spiro atoms. The molecule has 1 rings (SSSR count). The van der Waals surface area contributed by atoms with Gasteiger partial charge in [-0.15, -0.1) is 11.6 Å². The van der Waals surface area contributed by atoms with Gasteiger partial charge in [0.05, 0.1) is 5.88 Å². The fraction of sp³-hybridized carbons (Fsp3) is 0.667. The summed E-state index contributed by atoms with van der Waals surface area (Å²) in [6.45, 7) is 4.74. The van der Waals surface area contributed by atoms with Gasteiger partial charge in [-0.25, -0.2) is 8.42 Å². The average molecular weight is 309 g/mol. The molecular formula is C12H21ClN2O3S. The summed E-state index contributed by atoms with van der Waals surface area (Å²) in [4.78, 5) is 1.95. The van der Waals surface area contributed by atoms with Crippen LogP contribution in [0.4, 0.5) is 0 Å². The van der Waals surface area contributed by atoms with E-state index in [0.29, 0.717) is 18.8 Å². The Morgan fingerprint density at radius 2 is 2.00 bits per heavy atom. The maximum atomic E-state index is 12.5. The molecule has 110 valence electrons. The van der Waals surface area contributed by atoms with E-state index in [1.165, 1.54) is 10.4 Å². The molecule has 0 N–H and O–H groups in total. The van der Waals surface area contributed by atoms with E-state index in [4.69, 9.17) is 16.0 Å². The number of furan rings is 1. The molecule has 0 aliphatic rings. The number of nitrogens with zero attached hydrogens (tertiary/aromatic N) is 2. The van der Waals surface area contributed by atoms with Crippen molar-refractivity contribution in [1.82, 2.24) is 9.21 Å². The molecule has 0 aliphatic carbocycles.